The summed E-state index contributed by atoms with van der Waals surface area (Å²) in [4.78, 5) is 2.39. The van der Waals surface area contributed by atoms with Crippen LogP contribution in [0.3, 0.4) is 0 Å². The molecule has 30 heavy (non-hydrogen) atoms. The van der Waals surface area contributed by atoms with Crippen LogP contribution in [0.4, 0.5) is 0 Å². The first kappa shape index (κ1) is 21.5. The summed E-state index contributed by atoms with van der Waals surface area (Å²) < 4.78 is 54.6. The minimum Gasteiger partial charge on any atom is -0.285 e. The van der Waals surface area contributed by atoms with Gasteiger partial charge in [0.1, 0.15) is 0 Å². The molecule has 2 aliphatic heterocycles. The second-order valence-electron chi connectivity index (χ2n) is 7.80. The number of rotatable bonds is 6. The van der Waals surface area contributed by atoms with Gasteiger partial charge in [-0.25, -0.2) is 16.8 Å². The number of benzene rings is 2. The molecule has 4 rings (SSSR count). The Bertz CT molecular complexity index is 1060. The molecule has 7 nitrogen and oxygen atoms in total. The van der Waals surface area contributed by atoms with E-state index in [1.807, 2.05) is 30.3 Å². The van der Waals surface area contributed by atoms with Crippen molar-refractivity contribution in [1.82, 2.24) is 13.5 Å². The monoisotopic (exact) mass is 449 g/mol. The fraction of sp³-hybridized carbons (Fsp3) is 0.429. The Balaban J connectivity index is 1.48. The third-order valence-electron chi connectivity index (χ3n) is 5.65. The summed E-state index contributed by atoms with van der Waals surface area (Å²) in [5.41, 5.74) is 1.15. The Morgan fingerprint density at radius 3 is 1.77 bits per heavy atom. The Hall–Kier alpha value is -1.78. The highest BCUT2D eigenvalue weighted by Gasteiger charge is 2.31. The molecule has 2 aromatic carbocycles. The van der Waals surface area contributed by atoms with Gasteiger partial charge in [0.05, 0.1) is 16.5 Å². The van der Waals surface area contributed by atoms with Crippen LogP contribution in [0.25, 0.3) is 0 Å². The molecule has 162 valence electrons. The van der Waals surface area contributed by atoms with E-state index in [0.29, 0.717) is 32.8 Å². The zero-order valence-corrected chi connectivity index (χ0v) is 18.5. The number of sulfonamides is 2. The van der Waals surface area contributed by atoms with Crippen LogP contribution in [-0.4, -0.2) is 63.2 Å². The summed E-state index contributed by atoms with van der Waals surface area (Å²) >= 11 is 0. The van der Waals surface area contributed by atoms with Gasteiger partial charge in [0.15, 0.2) is 0 Å². The first-order chi connectivity index (χ1) is 14.4. The SMILES string of the molecule is O=S(=O)(c1ccc(S(=O)(=O)N2CCCN(Cc3ccccc3)C2)cc1)N1CCCC1. The lowest BCUT2D eigenvalue weighted by Gasteiger charge is -2.34. The molecule has 0 saturated carbocycles. The molecule has 2 aromatic rings. The van der Waals surface area contributed by atoms with E-state index in [2.05, 4.69) is 4.90 Å². The quantitative estimate of drug-likeness (QED) is 0.676. The molecule has 0 aliphatic carbocycles. The minimum atomic E-state index is -3.69. The van der Waals surface area contributed by atoms with Crippen LogP contribution in [0.5, 0.6) is 0 Å². The van der Waals surface area contributed by atoms with Crippen molar-refractivity contribution in [1.29, 1.82) is 0 Å². The van der Waals surface area contributed by atoms with Gasteiger partial charge in [0.25, 0.3) is 0 Å². The number of hydrogen-bond acceptors (Lipinski definition) is 5. The van der Waals surface area contributed by atoms with E-state index in [1.165, 1.54) is 32.9 Å². The molecule has 2 heterocycles. The molecule has 0 aromatic heterocycles. The van der Waals surface area contributed by atoms with E-state index in [0.717, 1.165) is 31.4 Å². The topological polar surface area (TPSA) is 78.0 Å². The summed E-state index contributed by atoms with van der Waals surface area (Å²) in [6.45, 7) is 3.36. The Kier molecular flexibility index (Phi) is 6.26. The predicted octanol–water partition coefficient (Wildman–Crippen LogP) is 2.33. The lowest BCUT2D eigenvalue weighted by molar-refractivity contribution is 0.140. The molecule has 2 aliphatic rings. The van der Waals surface area contributed by atoms with E-state index in [1.54, 1.807) is 0 Å². The van der Waals surface area contributed by atoms with E-state index < -0.39 is 20.0 Å². The summed E-state index contributed by atoms with van der Waals surface area (Å²) in [7, 11) is -7.24. The second kappa shape index (κ2) is 8.76. The van der Waals surface area contributed by atoms with Crippen molar-refractivity contribution in [3.8, 4) is 0 Å². The Labute approximate surface area is 179 Å². The molecular weight excluding hydrogens is 422 g/mol. The summed E-state index contributed by atoms with van der Waals surface area (Å²) in [5.74, 6) is 0. The Morgan fingerprint density at radius 2 is 1.17 bits per heavy atom. The first-order valence-electron chi connectivity index (χ1n) is 10.2. The van der Waals surface area contributed by atoms with Crippen LogP contribution in [0.15, 0.2) is 64.4 Å². The van der Waals surface area contributed by atoms with Crippen LogP contribution in [0.1, 0.15) is 24.8 Å². The van der Waals surface area contributed by atoms with Gasteiger partial charge in [-0.15, -0.1) is 0 Å². The predicted molar refractivity (Wildman–Crippen MR) is 115 cm³/mol. The van der Waals surface area contributed by atoms with Crippen molar-refractivity contribution in [2.24, 2.45) is 0 Å². The van der Waals surface area contributed by atoms with Crippen molar-refractivity contribution in [2.45, 2.75) is 35.6 Å². The maximum atomic E-state index is 13.1. The molecule has 2 fully saturated rings. The van der Waals surface area contributed by atoms with Crippen molar-refractivity contribution in [2.75, 3.05) is 32.8 Å². The van der Waals surface area contributed by atoms with Crippen LogP contribution in [0, 0.1) is 0 Å². The lowest BCUT2D eigenvalue weighted by atomic mass is 10.2. The smallest absolute Gasteiger partial charge is 0.244 e. The number of nitrogens with zero attached hydrogens (tertiary/aromatic N) is 3. The second-order valence-corrected chi connectivity index (χ2v) is 11.7. The average Bonchev–Trinajstić information content (AvgIpc) is 3.31. The van der Waals surface area contributed by atoms with Crippen LogP contribution < -0.4 is 0 Å². The van der Waals surface area contributed by atoms with Crippen molar-refractivity contribution < 1.29 is 16.8 Å². The zero-order chi connectivity index (χ0) is 21.2. The van der Waals surface area contributed by atoms with E-state index in [9.17, 15) is 16.8 Å². The number of hydrogen-bond donors (Lipinski definition) is 0. The molecule has 2 saturated heterocycles. The molecule has 0 amide bonds. The highest BCUT2D eigenvalue weighted by Crippen LogP contribution is 2.25. The average molecular weight is 450 g/mol. The third kappa shape index (κ3) is 4.45. The molecule has 9 heteroatoms. The standard InChI is InChI=1S/C21H27N3O4S2/c25-29(26,23-14-4-5-15-23)20-9-11-21(12-10-20)30(27,28)24-16-6-13-22(18-24)17-19-7-2-1-3-8-19/h1-3,7-12H,4-6,13-18H2. The molecule has 0 unspecified atom stereocenters. The van der Waals surface area contributed by atoms with Crippen molar-refractivity contribution >= 4 is 20.0 Å². The third-order valence-corrected chi connectivity index (χ3v) is 9.41. The van der Waals surface area contributed by atoms with E-state index >= 15 is 0 Å². The highest BCUT2D eigenvalue weighted by molar-refractivity contribution is 7.89. The van der Waals surface area contributed by atoms with Crippen LogP contribution in [-0.2, 0) is 26.6 Å². The van der Waals surface area contributed by atoms with Gasteiger partial charge in [-0.05, 0) is 49.1 Å². The molecular formula is C21H27N3O4S2. The maximum absolute atomic E-state index is 13.1. The van der Waals surface area contributed by atoms with Gasteiger partial charge < -0.3 is 0 Å². The normalized spacial score (nSPS) is 19.9. The summed E-state index contributed by atoms with van der Waals surface area (Å²) in [6, 6.07) is 15.6. The van der Waals surface area contributed by atoms with Gasteiger partial charge in [-0.2, -0.15) is 8.61 Å². The zero-order valence-electron chi connectivity index (χ0n) is 16.9. The maximum Gasteiger partial charge on any atom is 0.244 e. The van der Waals surface area contributed by atoms with Gasteiger partial charge in [0.2, 0.25) is 20.0 Å². The van der Waals surface area contributed by atoms with Crippen molar-refractivity contribution in [3.63, 3.8) is 0 Å². The molecule has 0 radical (unpaired) electrons. The first-order valence-corrected chi connectivity index (χ1v) is 13.1. The van der Waals surface area contributed by atoms with Gasteiger partial charge in [-0.3, -0.25) is 4.90 Å². The van der Waals surface area contributed by atoms with E-state index in [4.69, 9.17) is 0 Å². The van der Waals surface area contributed by atoms with Gasteiger partial charge in [-0.1, -0.05) is 30.3 Å². The molecule has 0 N–H and O–H groups in total. The highest BCUT2D eigenvalue weighted by atomic mass is 32.2. The largest absolute Gasteiger partial charge is 0.285 e. The van der Waals surface area contributed by atoms with Crippen LogP contribution >= 0.6 is 0 Å². The van der Waals surface area contributed by atoms with Crippen LogP contribution in [0.2, 0.25) is 0 Å². The summed E-state index contributed by atoms with van der Waals surface area (Å²) in [6.07, 6.45) is 2.48. The van der Waals surface area contributed by atoms with Crippen molar-refractivity contribution in [3.05, 3.63) is 60.2 Å². The van der Waals surface area contributed by atoms with Gasteiger partial charge in [0, 0.05) is 32.7 Å². The fourth-order valence-corrected chi connectivity index (χ4v) is 6.99. The van der Waals surface area contributed by atoms with E-state index in [-0.39, 0.29) is 9.79 Å². The molecule has 0 atom stereocenters. The van der Waals surface area contributed by atoms with Gasteiger partial charge >= 0.3 is 0 Å². The minimum absolute atomic E-state index is 0.129. The molecule has 0 bridgehead atoms. The fourth-order valence-electron chi connectivity index (χ4n) is 4.01. The molecule has 0 spiro atoms. The Morgan fingerprint density at radius 1 is 0.633 bits per heavy atom. The lowest BCUT2D eigenvalue weighted by Crippen LogP contribution is -2.46. The summed E-state index contributed by atoms with van der Waals surface area (Å²) in [5, 5.41) is 0.